The zero-order valence-corrected chi connectivity index (χ0v) is 9.38. The van der Waals surface area contributed by atoms with Crippen molar-refractivity contribution in [1.29, 1.82) is 0 Å². The molecule has 0 saturated carbocycles. The van der Waals surface area contributed by atoms with Gasteiger partial charge in [0, 0.05) is 19.6 Å². The van der Waals surface area contributed by atoms with Gasteiger partial charge in [-0.2, -0.15) is 0 Å². The molecule has 1 amide bonds. The average Bonchev–Trinajstić information content (AvgIpc) is 2.19. The first-order valence-electron chi connectivity index (χ1n) is 5.35. The number of amides is 1. The number of nitrogens with zero attached hydrogens (tertiary/aromatic N) is 1. The predicted molar refractivity (Wildman–Crippen MR) is 60.2 cm³/mol. The van der Waals surface area contributed by atoms with Crippen LogP contribution in [0.25, 0.3) is 0 Å². The lowest BCUT2D eigenvalue weighted by atomic mass is 10.3. The van der Waals surface area contributed by atoms with Gasteiger partial charge < -0.3 is 10.2 Å². The monoisotopic (exact) mass is 198 g/mol. The van der Waals surface area contributed by atoms with Gasteiger partial charge in [-0.15, -0.1) is 6.58 Å². The van der Waals surface area contributed by atoms with Crippen LogP contribution in [0.5, 0.6) is 0 Å². The maximum absolute atomic E-state index is 11.6. The van der Waals surface area contributed by atoms with Gasteiger partial charge in [-0.05, 0) is 13.3 Å². The molecule has 0 aromatic carbocycles. The van der Waals surface area contributed by atoms with Crippen molar-refractivity contribution in [3.63, 3.8) is 0 Å². The van der Waals surface area contributed by atoms with Gasteiger partial charge in [-0.25, -0.2) is 0 Å². The van der Waals surface area contributed by atoms with E-state index < -0.39 is 0 Å². The van der Waals surface area contributed by atoms with Crippen LogP contribution in [0.2, 0.25) is 0 Å². The molecule has 82 valence electrons. The Hall–Kier alpha value is -0.830. The van der Waals surface area contributed by atoms with Gasteiger partial charge in [0.15, 0.2) is 0 Å². The molecule has 0 unspecified atom stereocenters. The van der Waals surface area contributed by atoms with Crippen LogP contribution in [-0.2, 0) is 4.79 Å². The standard InChI is InChI=1S/C11H22N2O/c1-4-7-9-13(6-3)11(14)10-12-8-5-2/h5,12H,2,4,6-10H2,1,3H3. The van der Waals surface area contributed by atoms with Gasteiger partial charge in [-0.3, -0.25) is 4.79 Å². The van der Waals surface area contributed by atoms with E-state index in [9.17, 15) is 4.79 Å². The van der Waals surface area contributed by atoms with E-state index in [4.69, 9.17) is 0 Å². The summed E-state index contributed by atoms with van der Waals surface area (Å²) < 4.78 is 0. The first-order chi connectivity index (χ1) is 6.76. The molecule has 3 nitrogen and oxygen atoms in total. The fourth-order valence-electron chi connectivity index (χ4n) is 1.20. The molecular weight excluding hydrogens is 176 g/mol. The Labute approximate surface area is 87.2 Å². The second kappa shape index (κ2) is 8.75. The molecule has 0 aliphatic carbocycles. The largest absolute Gasteiger partial charge is 0.342 e. The normalized spacial score (nSPS) is 9.86. The molecule has 1 N–H and O–H groups in total. The summed E-state index contributed by atoms with van der Waals surface area (Å²) in [4.78, 5) is 13.5. The maximum Gasteiger partial charge on any atom is 0.236 e. The molecule has 0 aromatic rings. The number of hydrogen-bond acceptors (Lipinski definition) is 2. The van der Waals surface area contributed by atoms with E-state index >= 15 is 0 Å². The number of likely N-dealkylation sites (N-methyl/N-ethyl adjacent to an activating group) is 1. The lowest BCUT2D eigenvalue weighted by molar-refractivity contribution is -0.130. The van der Waals surface area contributed by atoms with Crippen molar-refractivity contribution in [2.45, 2.75) is 26.7 Å². The summed E-state index contributed by atoms with van der Waals surface area (Å²) in [5.41, 5.74) is 0. The SMILES string of the molecule is C=CCNCC(=O)N(CC)CCCC. The van der Waals surface area contributed by atoms with Crippen LogP contribution in [0.1, 0.15) is 26.7 Å². The van der Waals surface area contributed by atoms with Crippen LogP contribution in [0, 0.1) is 0 Å². The molecule has 0 radical (unpaired) electrons. The highest BCUT2D eigenvalue weighted by Gasteiger charge is 2.09. The molecular formula is C11H22N2O. The van der Waals surface area contributed by atoms with Crippen molar-refractivity contribution >= 4 is 5.91 Å². The molecule has 3 heteroatoms. The molecule has 0 aromatic heterocycles. The first-order valence-corrected chi connectivity index (χ1v) is 5.35. The summed E-state index contributed by atoms with van der Waals surface area (Å²) in [6.07, 6.45) is 3.97. The van der Waals surface area contributed by atoms with Gasteiger partial charge >= 0.3 is 0 Å². The van der Waals surface area contributed by atoms with Crippen molar-refractivity contribution in [1.82, 2.24) is 10.2 Å². The molecule has 0 spiro atoms. The molecule has 0 aliphatic heterocycles. The number of rotatable bonds is 8. The third-order valence-corrected chi connectivity index (χ3v) is 2.08. The first kappa shape index (κ1) is 13.2. The maximum atomic E-state index is 11.6. The molecule has 0 heterocycles. The van der Waals surface area contributed by atoms with Gasteiger partial charge in [0.1, 0.15) is 0 Å². The van der Waals surface area contributed by atoms with E-state index in [1.54, 1.807) is 6.08 Å². The predicted octanol–water partition coefficient (Wildman–Crippen LogP) is 1.41. The Morgan fingerprint density at radius 1 is 1.50 bits per heavy atom. The summed E-state index contributed by atoms with van der Waals surface area (Å²) in [6, 6.07) is 0. The number of carbonyl (C=O) groups is 1. The van der Waals surface area contributed by atoms with Crippen molar-refractivity contribution in [2.75, 3.05) is 26.2 Å². The molecule has 0 aliphatic rings. The Kier molecular flexibility index (Phi) is 8.24. The zero-order chi connectivity index (χ0) is 10.8. The van der Waals surface area contributed by atoms with Crippen LogP contribution in [-0.4, -0.2) is 37.0 Å². The Morgan fingerprint density at radius 2 is 2.21 bits per heavy atom. The molecule has 0 bridgehead atoms. The lowest BCUT2D eigenvalue weighted by Crippen LogP contribution is -2.38. The van der Waals surface area contributed by atoms with Crippen LogP contribution < -0.4 is 5.32 Å². The molecule has 0 saturated heterocycles. The number of nitrogens with one attached hydrogen (secondary N) is 1. The fourth-order valence-corrected chi connectivity index (χ4v) is 1.20. The van der Waals surface area contributed by atoms with Crippen molar-refractivity contribution in [3.05, 3.63) is 12.7 Å². The topological polar surface area (TPSA) is 32.3 Å². The van der Waals surface area contributed by atoms with E-state index in [2.05, 4.69) is 18.8 Å². The van der Waals surface area contributed by atoms with Crippen molar-refractivity contribution in [2.24, 2.45) is 0 Å². The Balaban J connectivity index is 3.73. The van der Waals surface area contributed by atoms with E-state index in [0.717, 1.165) is 25.9 Å². The lowest BCUT2D eigenvalue weighted by Gasteiger charge is -2.20. The number of unbranched alkanes of at least 4 members (excludes halogenated alkanes) is 1. The van der Waals surface area contributed by atoms with Crippen LogP contribution >= 0.6 is 0 Å². The molecule has 14 heavy (non-hydrogen) atoms. The van der Waals surface area contributed by atoms with E-state index in [-0.39, 0.29) is 5.91 Å². The second-order valence-electron chi connectivity index (χ2n) is 3.25. The van der Waals surface area contributed by atoms with Gasteiger partial charge in [-0.1, -0.05) is 19.4 Å². The zero-order valence-electron chi connectivity index (χ0n) is 9.38. The average molecular weight is 198 g/mol. The Bertz CT molecular complexity index is 169. The van der Waals surface area contributed by atoms with Crippen molar-refractivity contribution < 1.29 is 4.79 Å². The molecule has 0 rings (SSSR count). The van der Waals surface area contributed by atoms with Crippen LogP contribution in [0.15, 0.2) is 12.7 Å². The minimum Gasteiger partial charge on any atom is -0.342 e. The van der Waals surface area contributed by atoms with Gasteiger partial charge in [0.2, 0.25) is 5.91 Å². The minimum absolute atomic E-state index is 0.183. The van der Waals surface area contributed by atoms with Gasteiger partial charge in [0.25, 0.3) is 0 Å². The molecule has 0 fully saturated rings. The summed E-state index contributed by atoms with van der Waals surface area (Å²) in [7, 11) is 0. The smallest absolute Gasteiger partial charge is 0.236 e. The minimum atomic E-state index is 0.183. The fraction of sp³-hybridized carbons (Fsp3) is 0.727. The van der Waals surface area contributed by atoms with E-state index in [1.165, 1.54) is 0 Å². The second-order valence-corrected chi connectivity index (χ2v) is 3.25. The highest BCUT2D eigenvalue weighted by atomic mass is 16.2. The van der Waals surface area contributed by atoms with E-state index in [1.807, 2.05) is 11.8 Å². The number of carbonyl (C=O) groups excluding carboxylic acids is 1. The summed E-state index contributed by atoms with van der Waals surface area (Å²) >= 11 is 0. The molecule has 0 atom stereocenters. The highest BCUT2D eigenvalue weighted by molar-refractivity contribution is 5.78. The summed E-state index contributed by atoms with van der Waals surface area (Å²) in [5.74, 6) is 0.183. The summed E-state index contributed by atoms with van der Waals surface area (Å²) in [6.45, 7) is 10.5. The quantitative estimate of drug-likeness (QED) is 0.472. The third kappa shape index (κ3) is 5.75. The Morgan fingerprint density at radius 3 is 2.71 bits per heavy atom. The van der Waals surface area contributed by atoms with Crippen LogP contribution in [0.3, 0.4) is 0 Å². The third-order valence-electron chi connectivity index (χ3n) is 2.08. The highest BCUT2D eigenvalue weighted by Crippen LogP contribution is 1.94. The van der Waals surface area contributed by atoms with Crippen molar-refractivity contribution in [3.8, 4) is 0 Å². The summed E-state index contributed by atoms with van der Waals surface area (Å²) in [5, 5.41) is 3.02. The van der Waals surface area contributed by atoms with Crippen LogP contribution in [0.4, 0.5) is 0 Å². The van der Waals surface area contributed by atoms with E-state index in [0.29, 0.717) is 13.1 Å². The number of hydrogen-bond donors (Lipinski definition) is 1. The van der Waals surface area contributed by atoms with Gasteiger partial charge in [0.05, 0.1) is 6.54 Å².